The average molecular weight is 689 g/mol. The van der Waals surface area contributed by atoms with Crippen LogP contribution in [0.15, 0.2) is 77.3 Å². The summed E-state index contributed by atoms with van der Waals surface area (Å²) in [6.45, 7) is 2.54. The van der Waals surface area contributed by atoms with E-state index in [9.17, 15) is 31.2 Å². The van der Waals surface area contributed by atoms with Crippen LogP contribution in [0.2, 0.25) is 5.02 Å². The number of nitrogens with one attached hydrogen (secondary N) is 1. The van der Waals surface area contributed by atoms with Gasteiger partial charge in [-0.3, -0.25) is 13.9 Å². The van der Waals surface area contributed by atoms with Crippen LogP contribution >= 0.6 is 27.5 Å². The lowest BCUT2D eigenvalue weighted by molar-refractivity contribution is -0.140. The number of alkyl halides is 3. The number of benzene rings is 3. The Bertz CT molecular complexity index is 1520. The molecule has 226 valence electrons. The molecule has 1 N–H and O–H groups in total. The first-order valence-corrected chi connectivity index (χ1v) is 15.8. The van der Waals surface area contributed by atoms with E-state index in [2.05, 4.69) is 21.2 Å². The number of carbonyl (C=O) groups is 2. The van der Waals surface area contributed by atoms with Crippen molar-refractivity contribution in [3.8, 4) is 0 Å². The van der Waals surface area contributed by atoms with Gasteiger partial charge in [0.2, 0.25) is 21.8 Å². The van der Waals surface area contributed by atoms with Crippen molar-refractivity contribution in [2.75, 3.05) is 17.1 Å². The summed E-state index contributed by atoms with van der Waals surface area (Å²) in [4.78, 5) is 28.8. The smallest absolute Gasteiger partial charge is 0.352 e. The van der Waals surface area contributed by atoms with Gasteiger partial charge in [-0.1, -0.05) is 70.0 Å². The summed E-state index contributed by atoms with van der Waals surface area (Å²) in [5, 5.41) is 2.53. The highest BCUT2D eigenvalue weighted by Crippen LogP contribution is 2.36. The molecule has 7 nitrogen and oxygen atoms in total. The van der Waals surface area contributed by atoms with Crippen molar-refractivity contribution in [3.05, 3.63) is 99.0 Å². The summed E-state index contributed by atoms with van der Waals surface area (Å²) >= 11 is 9.56. The third-order valence-electron chi connectivity index (χ3n) is 6.17. The number of carbonyl (C=O) groups excluding carboxylic acids is 2. The van der Waals surface area contributed by atoms with Gasteiger partial charge in [0.1, 0.15) is 12.6 Å². The van der Waals surface area contributed by atoms with Crippen LogP contribution in [-0.2, 0) is 38.8 Å². The van der Waals surface area contributed by atoms with E-state index in [-0.39, 0.29) is 24.0 Å². The Kier molecular flexibility index (Phi) is 11.1. The minimum atomic E-state index is -4.78. The maximum Gasteiger partial charge on any atom is 0.416 e. The van der Waals surface area contributed by atoms with Crippen LogP contribution in [0.3, 0.4) is 0 Å². The van der Waals surface area contributed by atoms with Gasteiger partial charge in [0.25, 0.3) is 0 Å². The van der Waals surface area contributed by atoms with Crippen LogP contribution in [0.1, 0.15) is 30.5 Å². The molecule has 0 saturated carbocycles. The highest BCUT2D eigenvalue weighted by Gasteiger charge is 2.36. The Balaban J connectivity index is 2.12. The lowest BCUT2D eigenvalue weighted by Gasteiger charge is -2.34. The summed E-state index contributed by atoms with van der Waals surface area (Å²) in [5.74, 6) is -1.28. The Morgan fingerprint density at radius 3 is 2.19 bits per heavy atom. The van der Waals surface area contributed by atoms with E-state index in [0.717, 1.165) is 24.0 Å². The summed E-state index contributed by atoms with van der Waals surface area (Å²) in [7, 11) is -4.31. The van der Waals surface area contributed by atoms with E-state index in [0.29, 0.717) is 20.4 Å². The molecule has 0 radical (unpaired) electrons. The number of hydrogen-bond donors (Lipinski definition) is 1. The SMILES string of the molecule is CC(C)NC(=O)[C@H](Cc1ccccc1)N(Cc1cccc(Br)c1)C(=O)CN(c1cc(C(F)(F)F)ccc1Cl)S(C)(=O)=O. The molecule has 0 heterocycles. The molecule has 3 aromatic rings. The van der Waals surface area contributed by atoms with Crippen molar-refractivity contribution in [2.45, 2.75) is 45.1 Å². The average Bonchev–Trinajstić information content (AvgIpc) is 2.88. The van der Waals surface area contributed by atoms with E-state index < -0.39 is 51.9 Å². The molecular formula is C29H30BrClF3N3O4S. The lowest BCUT2D eigenvalue weighted by atomic mass is 10.0. The number of sulfonamides is 1. The topological polar surface area (TPSA) is 86.8 Å². The van der Waals surface area contributed by atoms with Gasteiger partial charge in [-0.2, -0.15) is 13.2 Å². The molecular weight excluding hydrogens is 659 g/mol. The molecule has 0 spiro atoms. The van der Waals surface area contributed by atoms with E-state index in [1.807, 2.05) is 0 Å². The molecule has 3 rings (SSSR count). The van der Waals surface area contributed by atoms with E-state index in [1.54, 1.807) is 68.4 Å². The zero-order chi connectivity index (χ0) is 31.2. The molecule has 0 saturated heterocycles. The number of rotatable bonds is 11. The number of hydrogen-bond acceptors (Lipinski definition) is 4. The number of anilines is 1. The third-order valence-corrected chi connectivity index (χ3v) is 8.10. The van der Waals surface area contributed by atoms with Gasteiger partial charge in [-0.15, -0.1) is 0 Å². The number of nitrogens with zero attached hydrogens (tertiary/aromatic N) is 2. The van der Waals surface area contributed by atoms with Crippen LogP contribution in [0.25, 0.3) is 0 Å². The largest absolute Gasteiger partial charge is 0.416 e. The summed E-state index contributed by atoms with van der Waals surface area (Å²) in [6.07, 6.45) is -3.92. The molecule has 0 fully saturated rings. The minimum absolute atomic E-state index is 0.0881. The molecule has 0 unspecified atom stereocenters. The molecule has 1 atom stereocenters. The first kappa shape index (κ1) is 33.4. The van der Waals surface area contributed by atoms with Gasteiger partial charge in [-0.25, -0.2) is 8.42 Å². The fraction of sp³-hybridized carbons (Fsp3) is 0.310. The first-order valence-electron chi connectivity index (χ1n) is 12.8. The van der Waals surface area contributed by atoms with E-state index >= 15 is 0 Å². The molecule has 42 heavy (non-hydrogen) atoms. The molecule has 0 bridgehead atoms. The van der Waals surface area contributed by atoms with Crippen LogP contribution < -0.4 is 9.62 Å². The molecule has 0 aliphatic carbocycles. The van der Waals surface area contributed by atoms with Crippen LogP contribution in [-0.4, -0.2) is 50.0 Å². The Morgan fingerprint density at radius 2 is 1.62 bits per heavy atom. The highest BCUT2D eigenvalue weighted by molar-refractivity contribution is 9.10. The summed E-state index contributed by atoms with van der Waals surface area (Å²) in [5.41, 5.74) is -0.256. The van der Waals surface area contributed by atoms with Crippen LogP contribution in [0.5, 0.6) is 0 Å². The normalized spacial score (nSPS) is 12.6. The minimum Gasteiger partial charge on any atom is -0.352 e. The maximum atomic E-state index is 14.0. The molecule has 13 heteroatoms. The second-order valence-corrected chi connectivity index (χ2v) is 13.2. The van der Waals surface area contributed by atoms with Gasteiger partial charge in [-0.05, 0) is 55.3 Å². The quantitative estimate of drug-likeness (QED) is 0.266. The van der Waals surface area contributed by atoms with E-state index in [1.165, 1.54) is 4.90 Å². The van der Waals surface area contributed by atoms with E-state index in [4.69, 9.17) is 11.6 Å². The summed E-state index contributed by atoms with van der Waals surface area (Å²) < 4.78 is 67.5. The molecule has 2 amide bonds. The molecule has 0 aliphatic rings. The maximum absolute atomic E-state index is 14.0. The third kappa shape index (κ3) is 9.20. The van der Waals surface area contributed by atoms with Gasteiger partial charge in [0.05, 0.1) is 22.5 Å². The highest BCUT2D eigenvalue weighted by atomic mass is 79.9. The van der Waals surface area contributed by atoms with Crippen molar-refractivity contribution in [3.63, 3.8) is 0 Å². The van der Waals surface area contributed by atoms with Crippen molar-refractivity contribution >= 4 is 55.1 Å². The van der Waals surface area contributed by atoms with Gasteiger partial charge < -0.3 is 10.2 Å². The molecule has 0 aromatic heterocycles. The molecule has 3 aromatic carbocycles. The zero-order valence-corrected chi connectivity index (χ0v) is 26.2. The van der Waals surface area contributed by atoms with Crippen molar-refractivity contribution in [1.82, 2.24) is 10.2 Å². The second-order valence-electron chi connectivity index (χ2n) is 9.95. The first-order chi connectivity index (χ1) is 19.6. The van der Waals surface area contributed by atoms with Gasteiger partial charge >= 0.3 is 6.18 Å². The van der Waals surface area contributed by atoms with Crippen molar-refractivity contribution in [2.24, 2.45) is 0 Å². The predicted octanol–water partition coefficient (Wildman–Crippen LogP) is 6.05. The molecule has 0 aliphatic heterocycles. The van der Waals surface area contributed by atoms with Gasteiger partial charge in [0, 0.05) is 23.5 Å². The Labute approximate surface area is 256 Å². The summed E-state index contributed by atoms with van der Waals surface area (Å²) in [6, 6.07) is 16.9. The lowest BCUT2D eigenvalue weighted by Crippen LogP contribution is -2.54. The standard InChI is InChI=1S/C29H30BrClF3N3O4S/c1-19(2)35-28(39)26(15-20-8-5-4-6-9-20)36(17-21-10-7-11-23(30)14-21)27(38)18-37(42(3,40)41)25-16-22(29(32,33)34)12-13-24(25)31/h4-14,16,19,26H,15,17-18H2,1-3H3,(H,35,39)/t26-/m0/s1. The van der Waals surface area contributed by atoms with Crippen molar-refractivity contribution < 1.29 is 31.2 Å². The zero-order valence-electron chi connectivity index (χ0n) is 23.0. The number of halogens is 5. The fourth-order valence-electron chi connectivity index (χ4n) is 4.24. The van der Waals surface area contributed by atoms with Crippen molar-refractivity contribution in [1.29, 1.82) is 0 Å². The second kappa shape index (κ2) is 13.9. The van der Waals surface area contributed by atoms with Crippen LogP contribution in [0, 0.1) is 0 Å². The predicted molar refractivity (Wildman–Crippen MR) is 161 cm³/mol. The number of amides is 2. The fourth-order valence-corrected chi connectivity index (χ4v) is 5.81. The monoisotopic (exact) mass is 687 g/mol. The van der Waals surface area contributed by atoms with Gasteiger partial charge in [0.15, 0.2) is 0 Å². The Morgan fingerprint density at radius 1 is 0.976 bits per heavy atom. The van der Waals surface area contributed by atoms with Crippen LogP contribution in [0.4, 0.5) is 18.9 Å². The Hall–Kier alpha value is -3.09.